The van der Waals surface area contributed by atoms with Crippen molar-refractivity contribution in [3.63, 3.8) is 0 Å². The summed E-state index contributed by atoms with van der Waals surface area (Å²) in [7, 11) is 0. The molecule has 2 unspecified atom stereocenters. The fourth-order valence-electron chi connectivity index (χ4n) is 3.90. The number of anilines is 1. The largest absolute Gasteiger partial charge is 0.465 e. The highest BCUT2D eigenvalue weighted by molar-refractivity contribution is 9.10. The van der Waals surface area contributed by atoms with Crippen molar-refractivity contribution in [2.75, 3.05) is 17.3 Å². The maximum atomic E-state index is 13.5. The number of benzene rings is 2. The first-order chi connectivity index (χ1) is 17.2. The molecule has 9 nitrogen and oxygen atoms in total. The molecule has 1 aromatic heterocycles. The van der Waals surface area contributed by atoms with E-state index in [0.717, 1.165) is 27.3 Å². The van der Waals surface area contributed by atoms with E-state index in [1.54, 1.807) is 0 Å². The molecule has 0 spiro atoms. The molecule has 4 rings (SSSR count). The number of amides is 3. The van der Waals surface area contributed by atoms with Crippen molar-refractivity contribution < 1.29 is 33.0 Å². The molecule has 2 heterocycles. The molecule has 36 heavy (non-hydrogen) atoms. The standard InChI is InChI=1S/C24H21BrF2N4O5/c25-19-6-7-31(21(19)23(33)28-17-9-15(26)8-16(27)10-17)29-22(32)20-11-18(12-30(20)24(34)35)36-13-14-4-2-1-3-5-14/h1-10,18,20H,11-13H2,(H,28,33)(H,29,32)(H,34,35). The van der Waals surface area contributed by atoms with Crippen molar-refractivity contribution in [1.82, 2.24) is 9.58 Å². The second kappa shape index (κ2) is 10.9. The lowest BCUT2D eigenvalue weighted by Gasteiger charge is -2.21. The summed E-state index contributed by atoms with van der Waals surface area (Å²) in [4.78, 5) is 38.6. The Bertz CT molecular complexity index is 1270. The number of nitrogens with zero attached hydrogens (tertiary/aromatic N) is 2. The second-order valence-electron chi connectivity index (χ2n) is 8.08. The van der Waals surface area contributed by atoms with Crippen molar-refractivity contribution in [3.8, 4) is 0 Å². The molecule has 1 saturated heterocycles. The van der Waals surface area contributed by atoms with Crippen molar-refractivity contribution in [2.45, 2.75) is 25.2 Å². The van der Waals surface area contributed by atoms with Crippen LogP contribution < -0.4 is 10.7 Å². The van der Waals surface area contributed by atoms with E-state index < -0.39 is 41.7 Å². The summed E-state index contributed by atoms with van der Waals surface area (Å²) in [5, 5.41) is 12.0. The molecular formula is C24H21BrF2N4O5. The van der Waals surface area contributed by atoms with E-state index in [-0.39, 0.29) is 31.0 Å². The first-order valence-electron chi connectivity index (χ1n) is 10.8. The van der Waals surface area contributed by atoms with Crippen LogP contribution in [0.25, 0.3) is 0 Å². The van der Waals surface area contributed by atoms with Gasteiger partial charge in [0.2, 0.25) is 0 Å². The van der Waals surface area contributed by atoms with Crippen LogP contribution in [0.2, 0.25) is 0 Å². The Labute approximate surface area is 212 Å². The zero-order valence-electron chi connectivity index (χ0n) is 18.7. The van der Waals surface area contributed by atoms with Crippen LogP contribution in [0.15, 0.2) is 65.3 Å². The van der Waals surface area contributed by atoms with E-state index in [1.807, 2.05) is 30.3 Å². The minimum Gasteiger partial charge on any atom is -0.465 e. The number of carboxylic acid groups (broad SMARTS) is 1. The van der Waals surface area contributed by atoms with E-state index in [4.69, 9.17) is 4.74 Å². The van der Waals surface area contributed by atoms with Gasteiger partial charge in [0.05, 0.1) is 23.7 Å². The molecule has 0 aliphatic carbocycles. The first-order valence-corrected chi connectivity index (χ1v) is 11.6. The molecule has 3 aromatic rings. The van der Waals surface area contributed by atoms with E-state index in [9.17, 15) is 28.3 Å². The van der Waals surface area contributed by atoms with Crippen LogP contribution in [0.3, 0.4) is 0 Å². The smallest absolute Gasteiger partial charge is 0.408 e. The van der Waals surface area contributed by atoms with Crippen molar-refractivity contribution >= 4 is 39.5 Å². The normalized spacial score (nSPS) is 17.1. The molecule has 2 atom stereocenters. The topological polar surface area (TPSA) is 113 Å². The Morgan fingerprint density at radius 3 is 2.44 bits per heavy atom. The van der Waals surface area contributed by atoms with Crippen LogP contribution in [-0.4, -0.2) is 51.3 Å². The number of hydrogen-bond donors (Lipinski definition) is 3. The van der Waals surface area contributed by atoms with Gasteiger partial charge in [-0.2, -0.15) is 0 Å². The van der Waals surface area contributed by atoms with Crippen LogP contribution in [0.5, 0.6) is 0 Å². The number of carbonyl (C=O) groups is 3. The molecule has 0 bridgehead atoms. The molecule has 188 valence electrons. The Morgan fingerprint density at radius 1 is 1.08 bits per heavy atom. The van der Waals surface area contributed by atoms with Gasteiger partial charge >= 0.3 is 6.09 Å². The SMILES string of the molecule is O=C(Nc1cc(F)cc(F)c1)c1c(Br)ccn1NC(=O)C1CC(OCc2ccccc2)CN1C(=O)O. The molecule has 3 amide bonds. The number of halogens is 3. The Balaban J connectivity index is 1.45. The minimum absolute atomic E-state index is 0.00804. The molecule has 3 N–H and O–H groups in total. The van der Waals surface area contributed by atoms with Crippen LogP contribution in [0.4, 0.5) is 19.3 Å². The highest BCUT2D eigenvalue weighted by Crippen LogP contribution is 2.24. The zero-order valence-corrected chi connectivity index (χ0v) is 20.2. The van der Waals surface area contributed by atoms with Gasteiger partial charge in [0.1, 0.15) is 23.4 Å². The quantitative estimate of drug-likeness (QED) is 0.399. The lowest BCUT2D eigenvalue weighted by Crippen LogP contribution is -2.45. The summed E-state index contributed by atoms with van der Waals surface area (Å²) in [6, 6.07) is 12.3. The summed E-state index contributed by atoms with van der Waals surface area (Å²) in [6.45, 7) is 0.275. The Kier molecular flexibility index (Phi) is 7.65. The van der Waals surface area contributed by atoms with E-state index in [2.05, 4.69) is 26.7 Å². The molecule has 0 radical (unpaired) electrons. The molecule has 1 fully saturated rings. The molecule has 1 aliphatic rings. The van der Waals surface area contributed by atoms with Gasteiger partial charge in [0.15, 0.2) is 0 Å². The summed E-state index contributed by atoms with van der Waals surface area (Å²) < 4.78 is 34.2. The fraction of sp³-hybridized carbons (Fsp3) is 0.208. The van der Waals surface area contributed by atoms with Crippen LogP contribution in [0.1, 0.15) is 22.5 Å². The van der Waals surface area contributed by atoms with Crippen molar-refractivity contribution in [2.24, 2.45) is 0 Å². The lowest BCUT2D eigenvalue weighted by molar-refractivity contribution is -0.121. The third-order valence-corrected chi connectivity index (χ3v) is 6.18. The predicted octanol–water partition coefficient (Wildman–Crippen LogP) is 4.19. The van der Waals surface area contributed by atoms with Crippen LogP contribution in [-0.2, 0) is 16.1 Å². The number of carbonyl (C=O) groups excluding carboxylic acids is 2. The van der Waals surface area contributed by atoms with Crippen molar-refractivity contribution in [3.05, 3.63) is 88.2 Å². The maximum Gasteiger partial charge on any atom is 0.408 e. The Morgan fingerprint density at radius 2 is 1.78 bits per heavy atom. The summed E-state index contributed by atoms with van der Waals surface area (Å²) in [6.07, 6.45) is -0.274. The molecule has 2 aromatic carbocycles. The molecular weight excluding hydrogens is 542 g/mol. The van der Waals surface area contributed by atoms with Crippen molar-refractivity contribution in [1.29, 1.82) is 0 Å². The zero-order chi connectivity index (χ0) is 25.8. The van der Waals surface area contributed by atoms with E-state index in [0.29, 0.717) is 10.5 Å². The van der Waals surface area contributed by atoms with Gasteiger partial charge < -0.3 is 15.2 Å². The average molecular weight is 563 g/mol. The molecule has 12 heteroatoms. The number of rotatable bonds is 7. The third kappa shape index (κ3) is 5.89. The average Bonchev–Trinajstić information content (AvgIpc) is 3.41. The maximum absolute atomic E-state index is 13.5. The third-order valence-electron chi connectivity index (χ3n) is 5.54. The first kappa shape index (κ1) is 25.3. The summed E-state index contributed by atoms with van der Waals surface area (Å²) in [5.41, 5.74) is 3.25. The number of likely N-dealkylation sites (tertiary alicyclic amines) is 1. The Hall–Kier alpha value is -3.77. The highest BCUT2D eigenvalue weighted by Gasteiger charge is 2.40. The van der Waals surface area contributed by atoms with Gasteiger partial charge in [-0.3, -0.25) is 24.6 Å². The lowest BCUT2D eigenvalue weighted by atomic mass is 10.2. The predicted molar refractivity (Wildman–Crippen MR) is 129 cm³/mol. The van der Waals surface area contributed by atoms with E-state index >= 15 is 0 Å². The van der Waals surface area contributed by atoms with Crippen LogP contribution in [0, 0.1) is 11.6 Å². The van der Waals surface area contributed by atoms with Gasteiger partial charge in [0.25, 0.3) is 11.8 Å². The number of hydrogen-bond acceptors (Lipinski definition) is 4. The second-order valence-corrected chi connectivity index (χ2v) is 8.93. The monoisotopic (exact) mass is 562 g/mol. The number of nitrogens with one attached hydrogen (secondary N) is 2. The van der Waals surface area contributed by atoms with Gasteiger partial charge in [-0.25, -0.2) is 13.6 Å². The minimum atomic E-state index is -1.28. The fourth-order valence-corrected chi connectivity index (χ4v) is 4.38. The van der Waals surface area contributed by atoms with Gasteiger partial charge in [-0.15, -0.1) is 0 Å². The molecule has 1 aliphatic heterocycles. The molecule has 0 saturated carbocycles. The summed E-state index contributed by atoms with van der Waals surface area (Å²) >= 11 is 3.22. The number of ether oxygens (including phenoxy) is 1. The highest BCUT2D eigenvalue weighted by atomic mass is 79.9. The number of aromatic nitrogens is 1. The van der Waals surface area contributed by atoms with Crippen LogP contribution >= 0.6 is 15.9 Å². The summed E-state index contributed by atoms with van der Waals surface area (Å²) in [5.74, 6) is -3.17. The van der Waals surface area contributed by atoms with Gasteiger partial charge in [-0.05, 0) is 39.7 Å². The van der Waals surface area contributed by atoms with E-state index in [1.165, 1.54) is 12.3 Å². The van der Waals surface area contributed by atoms with Gasteiger partial charge in [0, 0.05) is 24.4 Å². The van der Waals surface area contributed by atoms with Gasteiger partial charge in [-0.1, -0.05) is 30.3 Å².